The summed E-state index contributed by atoms with van der Waals surface area (Å²) in [5.41, 5.74) is 0. The summed E-state index contributed by atoms with van der Waals surface area (Å²) in [7, 11) is -0.204. The SMILES string of the molecule is COCCS(=O)(=O)N(C)CC(C)Cl. The molecule has 1 unspecified atom stereocenters. The standard InChI is InChI=1S/C7H16ClNO3S/c1-7(8)6-9(2)13(10,11)5-4-12-3/h7H,4-6H2,1-3H3. The molecule has 6 heteroatoms. The second-order valence-corrected chi connectivity index (χ2v) is 5.81. The number of nitrogens with zero attached hydrogens (tertiary/aromatic N) is 1. The van der Waals surface area contributed by atoms with Crippen molar-refractivity contribution in [2.45, 2.75) is 12.3 Å². The van der Waals surface area contributed by atoms with E-state index in [1.807, 2.05) is 0 Å². The molecule has 0 aromatic heterocycles. The molecule has 0 radical (unpaired) electrons. The number of hydrogen-bond acceptors (Lipinski definition) is 3. The predicted octanol–water partition coefficient (Wildman–Crippen LogP) is 0.522. The molecule has 0 bridgehead atoms. The predicted molar refractivity (Wildman–Crippen MR) is 53.6 cm³/mol. The van der Waals surface area contributed by atoms with E-state index >= 15 is 0 Å². The van der Waals surface area contributed by atoms with Crippen LogP contribution in [0.25, 0.3) is 0 Å². The Kier molecular flexibility index (Phi) is 5.87. The first-order chi connectivity index (χ1) is 5.90. The van der Waals surface area contributed by atoms with Crippen LogP contribution in [0.5, 0.6) is 0 Å². The molecule has 0 aliphatic heterocycles. The van der Waals surface area contributed by atoms with Crippen LogP contribution in [0.1, 0.15) is 6.92 Å². The average Bonchev–Trinajstić information content (AvgIpc) is 1.99. The zero-order valence-corrected chi connectivity index (χ0v) is 9.73. The van der Waals surface area contributed by atoms with Gasteiger partial charge in [-0.2, -0.15) is 0 Å². The summed E-state index contributed by atoms with van der Waals surface area (Å²) in [5, 5.41) is -0.178. The van der Waals surface area contributed by atoms with Crippen molar-refractivity contribution in [3.05, 3.63) is 0 Å². The largest absolute Gasteiger partial charge is 0.384 e. The molecule has 0 fully saturated rings. The van der Waals surface area contributed by atoms with Crippen molar-refractivity contribution in [1.29, 1.82) is 0 Å². The van der Waals surface area contributed by atoms with Crippen LogP contribution in [-0.4, -0.2) is 51.2 Å². The van der Waals surface area contributed by atoms with Crippen LogP contribution in [0.2, 0.25) is 0 Å². The van der Waals surface area contributed by atoms with Gasteiger partial charge in [-0.25, -0.2) is 12.7 Å². The fourth-order valence-electron chi connectivity index (χ4n) is 0.812. The molecule has 13 heavy (non-hydrogen) atoms. The van der Waals surface area contributed by atoms with Gasteiger partial charge < -0.3 is 4.74 Å². The Morgan fingerprint density at radius 1 is 1.54 bits per heavy atom. The summed E-state index contributed by atoms with van der Waals surface area (Å²) in [6.45, 7) is 2.29. The lowest BCUT2D eigenvalue weighted by atomic mass is 10.5. The fourth-order valence-corrected chi connectivity index (χ4v) is 2.24. The Hall–Kier alpha value is 0.160. The van der Waals surface area contributed by atoms with E-state index in [-0.39, 0.29) is 17.7 Å². The normalized spacial score (nSPS) is 14.8. The van der Waals surface area contributed by atoms with E-state index in [4.69, 9.17) is 16.3 Å². The summed E-state index contributed by atoms with van der Waals surface area (Å²) >= 11 is 5.68. The molecule has 0 aliphatic rings. The topological polar surface area (TPSA) is 46.6 Å². The number of methoxy groups -OCH3 is 1. The number of sulfonamides is 1. The van der Waals surface area contributed by atoms with E-state index < -0.39 is 10.0 Å². The fraction of sp³-hybridized carbons (Fsp3) is 1.00. The average molecular weight is 230 g/mol. The molecule has 1 atom stereocenters. The molecule has 0 N–H and O–H groups in total. The van der Waals surface area contributed by atoms with Crippen molar-refractivity contribution in [1.82, 2.24) is 4.31 Å². The quantitative estimate of drug-likeness (QED) is 0.624. The lowest BCUT2D eigenvalue weighted by Gasteiger charge is -2.17. The smallest absolute Gasteiger partial charge is 0.216 e. The highest BCUT2D eigenvalue weighted by atomic mass is 35.5. The molecular weight excluding hydrogens is 214 g/mol. The van der Waals surface area contributed by atoms with Gasteiger partial charge in [0.2, 0.25) is 10.0 Å². The second-order valence-electron chi connectivity index (χ2n) is 2.87. The minimum absolute atomic E-state index is 0.00358. The first-order valence-corrected chi connectivity index (χ1v) is 6.01. The van der Waals surface area contributed by atoms with E-state index in [2.05, 4.69) is 0 Å². The van der Waals surface area contributed by atoms with Gasteiger partial charge >= 0.3 is 0 Å². The molecule has 0 aliphatic carbocycles. The van der Waals surface area contributed by atoms with Crippen LogP contribution >= 0.6 is 11.6 Å². The van der Waals surface area contributed by atoms with Gasteiger partial charge in [0.15, 0.2) is 0 Å². The minimum atomic E-state index is -3.19. The lowest BCUT2D eigenvalue weighted by molar-refractivity contribution is 0.216. The highest BCUT2D eigenvalue weighted by molar-refractivity contribution is 7.89. The number of ether oxygens (including phenoxy) is 1. The summed E-state index contributed by atoms with van der Waals surface area (Å²) in [4.78, 5) is 0. The molecule has 0 rings (SSSR count). The highest BCUT2D eigenvalue weighted by Gasteiger charge is 2.18. The Morgan fingerprint density at radius 3 is 2.46 bits per heavy atom. The summed E-state index contributed by atoms with van der Waals surface area (Å²) in [6, 6.07) is 0. The monoisotopic (exact) mass is 229 g/mol. The van der Waals surface area contributed by atoms with E-state index in [1.54, 1.807) is 6.92 Å². The van der Waals surface area contributed by atoms with Crippen LogP contribution < -0.4 is 0 Å². The zero-order chi connectivity index (χ0) is 10.5. The van der Waals surface area contributed by atoms with Gasteiger partial charge in [-0.15, -0.1) is 11.6 Å². The van der Waals surface area contributed by atoms with Crippen LogP contribution in [0.3, 0.4) is 0 Å². The Bertz CT molecular complexity index is 228. The molecule has 0 aromatic rings. The molecule has 4 nitrogen and oxygen atoms in total. The molecule has 0 spiro atoms. The van der Waals surface area contributed by atoms with Crippen molar-refractivity contribution >= 4 is 21.6 Å². The Morgan fingerprint density at radius 2 is 2.08 bits per heavy atom. The van der Waals surface area contributed by atoms with Crippen molar-refractivity contribution < 1.29 is 13.2 Å². The zero-order valence-electron chi connectivity index (χ0n) is 8.16. The molecule has 0 heterocycles. The van der Waals surface area contributed by atoms with E-state index in [0.717, 1.165) is 0 Å². The number of hydrogen-bond donors (Lipinski definition) is 0. The molecule has 0 aromatic carbocycles. The number of alkyl halides is 1. The maximum absolute atomic E-state index is 11.4. The van der Waals surface area contributed by atoms with Gasteiger partial charge in [-0.3, -0.25) is 0 Å². The highest BCUT2D eigenvalue weighted by Crippen LogP contribution is 2.03. The van der Waals surface area contributed by atoms with Gasteiger partial charge in [0.1, 0.15) is 0 Å². The van der Waals surface area contributed by atoms with E-state index in [1.165, 1.54) is 18.5 Å². The molecular formula is C7H16ClNO3S. The van der Waals surface area contributed by atoms with Gasteiger partial charge in [-0.05, 0) is 6.92 Å². The van der Waals surface area contributed by atoms with Crippen molar-refractivity contribution in [3.63, 3.8) is 0 Å². The first-order valence-electron chi connectivity index (χ1n) is 3.97. The third-order valence-corrected chi connectivity index (χ3v) is 3.45. The number of halogens is 1. The second kappa shape index (κ2) is 5.80. The van der Waals surface area contributed by atoms with E-state index in [9.17, 15) is 8.42 Å². The van der Waals surface area contributed by atoms with Crippen LogP contribution in [0.15, 0.2) is 0 Å². The number of rotatable bonds is 6. The molecule has 0 amide bonds. The van der Waals surface area contributed by atoms with Gasteiger partial charge in [0.05, 0.1) is 12.4 Å². The molecule has 0 saturated carbocycles. The van der Waals surface area contributed by atoms with Crippen LogP contribution in [0, 0.1) is 0 Å². The molecule has 80 valence electrons. The van der Waals surface area contributed by atoms with Gasteiger partial charge in [-0.1, -0.05) is 0 Å². The Balaban J connectivity index is 4.12. The third kappa shape index (κ3) is 5.46. The summed E-state index contributed by atoms with van der Waals surface area (Å²) in [6.07, 6.45) is 0. The summed E-state index contributed by atoms with van der Waals surface area (Å²) < 4.78 is 28.8. The van der Waals surface area contributed by atoms with Crippen LogP contribution in [-0.2, 0) is 14.8 Å². The molecule has 0 saturated heterocycles. The van der Waals surface area contributed by atoms with Gasteiger partial charge in [0, 0.05) is 26.1 Å². The maximum atomic E-state index is 11.4. The van der Waals surface area contributed by atoms with Crippen molar-refractivity contribution in [2.75, 3.05) is 33.1 Å². The minimum Gasteiger partial charge on any atom is -0.384 e. The van der Waals surface area contributed by atoms with Crippen molar-refractivity contribution in [3.8, 4) is 0 Å². The van der Waals surface area contributed by atoms with Gasteiger partial charge in [0.25, 0.3) is 0 Å². The first kappa shape index (κ1) is 13.2. The maximum Gasteiger partial charge on any atom is 0.216 e. The third-order valence-electron chi connectivity index (χ3n) is 1.53. The van der Waals surface area contributed by atoms with Crippen LogP contribution in [0.4, 0.5) is 0 Å². The Labute approximate surface area is 84.9 Å². The lowest BCUT2D eigenvalue weighted by Crippen LogP contribution is -2.34. The van der Waals surface area contributed by atoms with Crippen molar-refractivity contribution in [2.24, 2.45) is 0 Å². The summed E-state index contributed by atoms with van der Waals surface area (Å²) in [5.74, 6) is 0.00358. The van der Waals surface area contributed by atoms with E-state index in [0.29, 0.717) is 6.54 Å².